The molecule has 0 heterocycles. The minimum atomic E-state index is 0.0295. The van der Waals surface area contributed by atoms with Crippen molar-refractivity contribution < 1.29 is 4.79 Å². The Bertz CT molecular complexity index is 297. The van der Waals surface area contributed by atoms with Crippen molar-refractivity contribution in [1.82, 2.24) is 5.01 Å². The average Bonchev–Trinajstić information content (AvgIpc) is 2.14. The number of carbonyl (C=O) groups is 1. The molecular formula is C12H20Cl2N2O. The number of rotatable bonds is 5. The lowest BCUT2D eigenvalue weighted by atomic mass is 9.76. The van der Waals surface area contributed by atoms with Crippen LogP contribution in [0.1, 0.15) is 33.1 Å². The van der Waals surface area contributed by atoms with Gasteiger partial charge in [0.25, 0.3) is 0 Å². The van der Waals surface area contributed by atoms with Crippen LogP contribution in [0.25, 0.3) is 0 Å². The van der Waals surface area contributed by atoms with Crippen LogP contribution < -0.4 is 0 Å². The van der Waals surface area contributed by atoms with Gasteiger partial charge < -0.3 is 0 Å². The molecule has 0 radical (unpaired) electrons. The minimum absolute atomic E-state index is 0.0295. The largest absolute Gasteiger partial charge is 0.299 e. The van der Waals surface area contributed by atoms with Gasteiger partial charge in [0.05, 0.1) is 0 Å². The standard InChI is InChI=1S/C12H20Cl2N2O/c1-12(2)8-10(7-11(17)9-12)15-16(5-3-13)6-4-14/h3-9H2,1-2H3/b15-10-. The molecule has 1 fully saturated rings. The highest BCUT2D eigenvalue weighted by atomic mass is 35.5. The first-order valence-corrected chi connectivity index (χ1v) is 6.99. The van der Waals surface area contributed by atoms with Gasteiger partial charge in [-0.05, 0) is 11.8 Å². The number of hydrogen-bond acceptors (Lipinski definition) is 3. The molecule has 17 heavy (non-hydrogen) atoms. The van der Waals surface area contributed by atoms with Crippen LogP contribution in [-0.2, 0) is 4.79 Å². The molecule has 3 nitrogen and oxygen atoms in total. The van der Waals surface area contributed by atoms with Crippen LogP contribution in [0, 0.1) is 5.41 Å². The van der Waals surface area contributed by atoms with Crippen LogP contribution in [0.2, 0.25) is 0 Å². The van der Waals surface area contributed by atoms with E-state index in [4.69, 9.17) is 23.2 Å². The smallest absolute Gasteiger partial charge is 0.139 e. The third-order valence-electron chi connectivity index (χ3n) is 2.73. The van der Waals surface area contributed by atoms with Crippen LogP contribution in [0.15, 0.2) is 5.10 Å². The van der Waals surface area contributed by atoms with Crippen molar-refractivity contribution in [3.05, 3.63) is 0 Å². The molecule has 1 saturated carbocycles. The van der Waals surface area contributed by atoms with E-state index in [1.807, 2.05) is 5.01 Å². The summed E-state index contributed by atoms with van der Waals surface area (Å²) in [6.07, 6.45) is 2.00. The van der Waals surface area contributed by atoms with Gasteiger partial charge in [0, 0.05) is 43.4 Å². The summed E-state index contributed by atoms with van der Waals surface area (Å²) >= 11 is 11.4. The second kappa shape index (κ2) is 6.60. The number of hydrogen-bond donors (Lipinski definition) is 0. The molecule has 0 aliphatic heterocycles. The van der Waals surface area contributed by atoms with E-state index >= 15 is 0 Å². The van der Waals surface area contributed by atoms with E-state index in [2.05, 4.69) is 18.9 Å². The van der Waals surface area contributed by atoms with Gasteiger partial charge in [0.2, 0.25) is 0 Å². The van der Waals surface area contributed by atoms with Crippen LogP contribution in [0.4, 0.5) is 0 Å². The summed E-state index contributed by atoms with van der Waals surface area (Å²) in [7, 11) is 0. The molecule has 0 unspecified atom stereocenters. The summed E-state index contributed by atoms with van der Waals surface area (Å²) in [5.74, 6) is 1.31. The fraction of sp³-hybridized carbons (Fsp3) is 0.833. The van der Waals surface area contributed by atoms with E-state index < -0.39 is 0 Å². The Hall–Kier alpha value is -0.280. The van der Waals surface area contributed by atoms with Crippen molar-refractivity contribution in [2.24, 2.45) is 10.5 Å². The lowest BCUT2D eigenvalue weighted by Crippen LogP contribution is -2.32. The van der Waals surface area contributed by atoms with E-state index in [0.717, 1.165) is 12.1 Å². The second-order valence-corrected chi connectivity index (χ2v) is 5.99. The summed E-state index contributed by atoms with van der Waals surface area (Å²) in [6.45, 7) is 5.55. The highest BCUT2D eigenvalue weighted by Crippen LogP contribution is 2.31. The van der Waals surface area contributed by atoms with Gasteiger partial charge >= 0.3 is 0 Å². The van der Waals surface area contributed by atoms with Crippen molar-refractivity contribution in [3.8, 4) is 0 Å². The zero-order valence-corrected chi connectivity index (χ0v) is 12.0. The first-order chi connectivity index (χ1) is 7.96. The van der Waals surface area contributed by atoms with Crippen molar-refractivity contribution in [1.29, 1.82) is 0 Å². The Balaban J connectivity index is 2.70. The highest BCUT2D eigenvalue weighted by molar-refractivity contribution is 6.18. The minimum Gasteiger partial charge on any atom is -0.299 e. The van der Waals surface area contributed by atoms with Crippen molar-refractivity contribution in [2.75, 3.05) is 24.8 Å². The molecule has 1 aliphatic rings. The molecule has 0 saturated heterocycles. The summed E-state index contributed by atoms with van der Waals surface area (Å²) in [4.78, 5) is 11.6. The number of nitrogens with zero attached hydrogens (tertiary/aromatic N) is 2. The zero-order valence-electron chi connectivity index (χ0n) is 10.5. The molecular weight excluding hydrogens is 259 g/mol. The third-order valence-corrected chi connectivity index (χ3v) is 3.07. The second-order valence-electron chi connectivity index (χ2n) is 5.23. The summed E-state index contributed by atoms with van der Waals surface area (Å²) in [5, 5.41) is 6.39. The molecule has 1 rings (SSSR count). The number of alkyl halides is 2. The van der Waals surface area contributed by atoms with E-state index in [1.54, 1.807) is 0 Å². The van der Waals surface area contributed by atoms with Gasteiger partial charge in [-0.3, -0.25) is 9.80 Å². The van der Waals surface area contributed by atoms with E-state index in [1.165, 1.54) is 0 Å². The SMILES string of the molecule is CC1(C)CC(=O)C/C(=N/N(CCCl)CCCl)C1. The Morgan fingerprint density at radius 2 is 1.82 bits per heavy atom. The normalized spacial score (nSPS) is 21.9. The number of Topliss-reactive ketones (excluding diaryl/α,β-unsaturated/α-hetero) is 1. The molecule has 0 N–H and O–H groups in total. The summed E-state index contributed by atoms with van der Waals surface area (Å²) in [5.41, 5.74) is 0.989. The summed E-state index contributed by atoms with van der Waals surface area (Å²) < 4.78 is 0. The van der Waals surface area contributed by atoms with Crippen LogP contribution >= 0.6 is 23.2 Å². The van der Waals surface area contributed by atoms with Gasteiger partial charge in [0.15, 0.2) is 0 Å². The average molecular weight is 279 g/mol. The van der Waals surface area contributed by atoms with Gasteiger partial charge in [0.1, 0.15) is 5.78 Å². The Kier molecular flexibility index (Phi) is 5.74. The quantitative estimate of drug-likeness (QED) is 0.572. The molecule has 98 valence electrons. The maximum atomic E-state index is 11.6. The number of ketones is 1. The van der Waals surface area contributed by atoms with Gasteiger partial charge in [-0.2, -0.15) is 5.10 Å². The Morgan fingerprint density at radius 1 is 1.24 bits per heavy atom. The maximum Gasteiger partial charge on any atom is 0.139 e. The van der Waals surface area contributed by atoms with Crippen LogP contribution in [0.5, 0.6) is 0 Å². The Morgan fingerprint density at radius 3 is 2.29 bits per heavy atom. The monoisotopic (exact) mass is 278 g/mol. The number of halogens is 2. The van der Waals surface area contributed by atoms with E-state index in [-0.39, 0.29) is 11.2 Å². The fourth-order valence-electron chi connectivity index (χ4n) is 2.18. The number of hydrazone groups is 1. The van der Waals surface area contributed by atoms with E-state index in [0.29, 0.717) is 37.7 Å². The Labute approximate surface area is 113 Å². The van der Waals surface area contributed by atoms with E-state index in [9.17, 15) is 4.79 Å². The van der Waals surface area contributed by atoms with Crippen molar-refractivity contribution >= 4 is 34.7 Å². The lowest BCUT2D eigenvalue weighted by Gasteiger charge is -2.30. The third kappa shape index (κ3) is 5.26. The molecule has 0 bridgehead atoms. The number of carbonyl (C=O) groups excluding carboxylic acids is 1. The fourth-order valence-corrected chi connectivity index (χ4v) is 2.57. The molecule has 0 aromatic carbocycles. The molecule has 0 aromatic rings. The molecule has 0 atom stereocenters. The zero-order chi connectivity index (χ0) is 12.9. The topological polar surface area (TPSA) is 32.7 Å². The highest BCUT2D eigenvalue weighted by Gasteiger charge is 2.30. The maximum absolute atomic E-state index is 11.6. The van der Waals surface area contributed by atoms with Crippen molar-refractivity contribution in [2.45, 2.75) is 33.1 Å². The molecule has 0 amide bonds. The van der Waals surface area contributed by atoms with Gasteiger partial charge in [-0.15, -0.1) is 23.2 Å². The van der Waals surface area contributed by atoms with Gasteiger partial charge in [-0.1, -0.05) is 13.8 Å². The molecule has 1 aliphatic carbocycles. The van der Waals surface area contributed by atoms with Crippen LogP contribution in [0.3, 0.4) is 0 Å². The summed E-state index contributed by atoms with van der Waals surface area (Å²) in [6, 6.07) is 0. The van der Waals surface area contributed by atoms with Gasteiger partial charge in [-0.25, -0.2) is 0 Å². The van der Waals surface area contributed by atoms with Crippen LogP contribution in [-0.4, -0.2) is 41.4 Å². The predicted molar refractivity (Wildman–Crippen MR) is 73.1 cm³/mol. The van der Waals surface area contributed by atoms with Crippen molar-refractivity contribution in [3.63, 3.8) is 0 Å². The first-order valence-electron chi connectivity index (χ1n) is 5.92. The molecule has 0 spiro atoms. The lowest BCUT2D eigenvalue weighted by molar-refractivity contribution is -0.120. The first kappa shape index (κ1) is 14.8. The molecule has 0 aromatic heterocycles. The predicted octanol–water partition coefficient (Wildman–Crippen LogP) is 2.90. The molecule has 5 heteroatoms.